The highest BCUT2D eigenvalue weighted by Crippen LogP contribution is 2.29. The fourth-order valence-electron chi connectivity index (χ4n) is 3.08. The van der Waals surface area contributed by atoms with Gasteiger partial charge in [0.15, 0.2) is 0 Å². The molecular formula is C14H28N2. The Morgan fingerprint density at radius 3 is 2.69 bits per heavy atom. The smallest absolute Gasteiger partial charge is 0.00792 e. The van der Waals surface area contributed by atoms with Crippen LogP contribution in [-0.2, 0) is 0 Å². The molecule has 1 aliphatic heterocycles. The van der Waals surface area contributed by atoms with E-state index in [2.05, 4.69) is 24.2 Å². The van der Waals surface area contributed by atoms with E-state index in [9.17, 15) is 0 Å². The summed E-state index contributed by atoms with van der Waals surface area (Å²) in [5.74, 6) is 1.92. The van der Waals surface area contributed by atoms with Crippen molar-refractivity contribution in [3.8, 4) is 0 Å². The predicted molar refractivity (Wildman–Crippen MR) is 69.6 cm³/mol. The molecule has 2 unspecified atom stereocenters. The monoisotopic (exact) mass is 224 g/mol. The average molecular weight is 224 g/mol. The third kappa shape index (κ3) is 3.46. The zero-order valence-electron chi connectivity index (χ0n) is 11.0. The minimum absolute atomic E-state index is 0.711. The molecule has 2 fully saturated rings. The molecule has 0 bridgehead atoms. The van der Waals surface area contributed by atoms with E-state index in [4.69, 9.17) is 0 Å². The van der Waals surface area contributed by atoms with Crippen LogP contribution < -0.4 is 5.32 Å². The molecule has 2 atom stereocenters. The van der Waals surface area contributed by atoms with E-state index in [0.29, 0.717) is 6.04 Å². The van der Waals surface area contributed by atoms with Crippen LogP contribution in [0.2, 0.25) is 0 Å². The molecule has 0 spiro atoms. The van der Waals surface area contributed by atoms with E-state index in [1.807, 2.05) is 0 Å². The molecule has 1 aliphatic carbocycles. The second-order valence-corrected chi connectivity index (χ2v) is 5.99. The van der Waals surface area contributed by atoms with E-state index in [1.165, 1.54) is 58.2 Å². The normalized spacial score (nSPS) is 30.0. The lowest BCUT2D eigenvalue weighted by Crippen LogP contribution is -2.43. The highest BCUT2D eigenvalue weighted by molar-refractivity contribution is 4.79. The first kappa shape index (κ1) is 12.4. The molecule has 1 N–H and O–H groups in total. The van der Waals surface area contributed by atoms with Gasteiger partial charge in [-0.2, -0.15) is 0 Å². The zero-order chi connectivity index (χ0) is 11.4. The van der Waals surface area contributed by atoms with Crippen LogP contribution in [0.5, 0.6) is 0 Å². The Morgan fingerprint density at radius 2 is 2.06 bits per heavy atom. The highest BCUT2D eigenvalue weighted by Gasteiger charge is 2.23. The molecular weight excluding hydrogens is 196 g/mol. The van der Waals surface area contributed by atoms with Crippen molar-refractivity contribution >= 4 is 0 Å². The number of likely N-dealkylation sites (tertiary alicyclic amines) is 1. The summed E-state index contributed by atoms with van der Waals surface area (Å²) in [6, 6.07) is 0.711. The van der Waals surface area contributed by atoms with Crippen molar-refractivity contribution in [3.63, 3.8) is 0 Å². The van der Waals surface area contributed by atoms with Crippen LogP contribution in [0.4, 0.5) is 0 Å². The second kappa shape index (κ2) is 6.02. The summed E-state index contributed by atoms with van der Waals surface area (Å²) in [7, 11) is 2.26. The van der Waals surface area contributed by atoms with Crippen LogP contribution in [0.1, 0.15) is 45.4 Å². The minimum Gasteiger partial charge on any atom is -0.314 e. The summed E-state index contributed by atoms with van der Waals surface area (Å²) in [6.07, 6.45) is 8.67. The van der Waals surface area contributed by atoms with Crippen LogP contribution in [0.15, 0.2) is 0 Å². The lowest BCUT2D eigenvalue weighted by molar-refractivity contribution is 0.176. The SMILES string of the molecule is CC(NCCC1CCC1)C1CCCN(C)C1. The molecule has 0 radical (unpaired) electrons. The van der Waals surface area contributed by atoms with Gasteiger partial charge in [0.05, 0.1) is 0 Å². The van der Waals surface area contributed by atoms with E-state index in [1.54, 1.807) is 0 Å². The summed E-state index contributed by atoms with van der Waals surface area (Å²) in [5.41, 5.74) is 0. The number of piperidine rings is 1. The van der Waals surface area contributed by atoms with Gasteiger partial charge in [-0.05, 0) is 58.2 Å². The van der Waals surface area contributed by atoms with Crippen molar-refractivity contribution in [2.45, 2.75) is 51.5 Å². The number of hydrogen-bond donors (Lipinski definition) is 1. The molecule has 0 aromatic carbocycles. The van der Waals surface area contributed by atoms with Gasteiger partial charge >= 0.3 is 0 Å². The molecule has 1 saturated heterocycles. The third-order valence-electron chi connectivity index (χ3n) is 4.61. The Hall–Kier alpha value is -0.0800. The lowest BCUT2D eigenvalue weighted by Gasteiger charge is -2.34. The Balaban J connectivity index is 1.60. The predicted octanol–water partition coefficient (Wildman–Crippen LogP) is 2.50. The van der Waals surface area contributed by atoms with E-state index in [-0.39, 0.29) is 0 Å². The van der Waals surface area contributed by atoms with Crippen molar-refractivity contribution < 1.29 is 0 Å². The van der Waals surface area contributed by atoms with Crippen molar-refractivity contribution in [3.05, 3.63) is 0 Å². The van der Waals surface area contributed by atoms with E-state index in [0.717, 1.165) is 11.8 Å². The number of nitrogens with zero attached hydrogens (tertiary/aromatic N) is 1. The van der Waals surface area contributed by atoms with Crippen molar-refractivity contribution in [2.24, 2.45) is 11.8 Å². The van der Waals surface area contributed by atoms with Gasteiger partial charge < -0.3 is 10.2 Å². The van der Waals surface area contributed by atoms with Crippen LogP contribution in [0.25, 0.3) is 0 Å². The topological polar surface area (TPSA) is 15.3 Å². The average Bonchev–Trinajstić information content (AvgIpc) is 2.21. The molecule has 2 heteroatoms. The van der Waals surface area contributed by atoms with Gasteiger partial charge in [0.2, 0.25) is 0 Å². The van der Waals surface area contributed by atoms with Gasteiger partial charge in [-0.3, -0.25) is 0 Å². The molecule has 94 valence electrons. The lowest BCUT2D eigenvalue weighted by atomic mass is 9.83. The zero-order valence-corrected chi connectivity index (χ0v) is 11.0. The van der Waals surface area contributed by atoms with Crippen molar-refractivity contribution in [2.75, 3.05) is 26.7 Å². The van der Waals surface area contributed by atoms with Crippen LogP contribution in [0.3, 0.4) is 0 Å². The largest absolute Gasteiger partial charge is 0.314 e. The van der Waals surface area contributed by atoms with Gasteiger partial charge in [-0.1, -0.05) is 19.3 Å². The first-order valence-electron chi connectivity index (χ1n) is 7.17. The quantitative estimate of drug-likeness (QED) is 0.772. The van der Waals surface area contributed by atoms with Gasteiger partial charge in [0.1, 0.15) is 0 Å². The molecule has 0 aromatic heterocycles. The van der Waals surface area contributed by atoms with Crippen molar-refractivity contribution in [1.82, 2.24) is 10.2 Å². The van der Waals surface area contributed by atoms with Gasteiger partial charge in [-0.15, -0.1) is 0 Å². The molecule has 2 nitrogen and oxygen atoms in total. The summed E-state index contributed by atoms with van der Waals surface area (Å²) < 4.78 is 0. The van der Waals surface area contributed by atoms with Crippen molar-refractivity contribution in [1.29, 1.82) is 0 Å². The molecule has 0 aromatic rings. The first-order chi connectivity index (χ1) is 7.75. The summed E-state index contributed by atoms with van der Waals surface area (Å²) in [4.78, 5) is 2.48. The Bertz CT molecular complexity index is 201. The highest BCUT2D eigenvalue weighted by atomic mass is 15.1. The van der Waals surface area contributed by atoms with Crippen LogP contribution in [-0.4, -0.2) is 37.6 Å². The van der Waals surface area contributed by atoms with Gasteiger partial charge in [0.25, 0.3) is 0 Å². The van der Waals surface area contributed by atoms with E-state index >= 15 is 0 Å². The molecule has 0 amide bonds. The van der Waals surface area contributed by atoms with E-state index < -0.39 is 0 Å². The fourth-order valence-corrected chi connectivity index (χ4v) is 3.08. The summed E-state index contributed by atoms with van der Waals surface area (Å²) in [5, 5.41) is 3.75. The maximum absolute atomic E-state index is 3.75. The maximum Gasteiger partial charge on any atom is 0.00792 e. The van der Waals surface area contributed by atoms with Crippen LogP contribution in [0, 0.1) is 11.8 Å². The molecule has 2 rings (SSSR count). The Morgan fingerprint density at radius 1 is 1.25 bits per heavy atom. The maximum atomic E-state index is 3.75. The van der Waals surface area contributed by atoms with Crippen LogP contribution >= 0.6 is 0 Å². The number of nitrogens with one attached hydrogen (secondary N) is 1. The number of hydrogen-bond acceptors (Lipinski definition) is 2. The minimum atomic E-state index is 0.711. The van der Waals surface area contributed by atoms with Gasteiger partial charge in [0, 0.05) is 12.6 Å². The summed E-state index contributed by atoms with van der Waals surface area (Å²) >= 11 is 0. The second-order valence-electron chi connectivity index (χ2n) is 5.99. The summed E-state index contributed by atoms with van der Waals surface area (Å²) in [6.45, 7) is 6.21. The third-order valence-corrected chi connectivity index (χ3v) is 4.61. The standard InChI is InChI=1S/C14H28N2/c1-12(14-7-4-10-16(2)11-14)15-9-8-13-5-3-6-13/h12-15H,3-11H2,1-2H3. The fraction of sp³-hybridized carbons (Fsp3) is 1.00. The Labute approximate surface area is 101 Å². The van der Waals surface area contributed by atoms with Gasteiger partial charge in [-0.25, -0.2) is 0 Å². The molecule has 1 heterocycles. The molecule has 1 saturated carbocycles. The molecule has 2 aliphatic rings. The number of rotatable bonds is 5. The Kier molecular flexibility index (Phi) is 4.66. The first-order valence-corrected chi connectivity index (χ1v) is 7.17. The molecule has 16 heavy (non-hydrogen) atoms.